The van der Waals surface area contributed by atoms with Crippen molar-refractivity contribution in [2.45, 2.75) is 42.8 Å². The fourth-order valence-corrected chi connectivity index (χ4v) is 5.95. The highest BCUT2D eigenvalue weighted by molar-refractivity contribution is 7.99. The maximum atomic E-state index is 14.6. The monoisotopic (exact) mass is 554 g/mol. The van der Waals surface area contributed by atoms with E-state index in [2.05, 4.69) is 31.3 Å². The summed E-state index contributed by atoms with van der Waals surface area (Å²) in [4.78, 5) is 31.6. The average molecular weight is 555 g/mol. The van der Waals surface area contributed by atoms with E-state index < -0.39 is 0 Å². The second kappa shape index (κ2) is 12.5. The molecular weight excluding hydrogens is 521 g/mol. The lowest BCUT2D eigenvalue weighted by Gasteiger charge is -2.24. The number of fused-ring (bicyclic) bond motifs is 2. The third kappa shape index (κ3) is 6.27. The van der Waals surface area contributed by atoms with Crippen LogP contribution in [0.2, 0.25) is 0 Å². The summed E-state index contributed by atoms with van der Waals surface area (Å²) < 4.78 is 14.6. The Morgan fingerprint density at radius 1 is 0.925 bits per heavy atom. The summed E-state index contributed by atoms with van der Waals surface area (Å²) in [6.07, 6.45) is 0. The highest BCUT2D eigenvalue weighted by Crippen LogP contribution is 2.42. The van der Waals surface area contributed by atoms with Crippen LogP contribution in [-0.2, 0) is 13.1 Å². The van der Waals surface area contributed by atoms with Crippen LogP contribution in [0, 0.1) is 5.82 Å². The Labute approximate surface area is 239 Å². The second-order valence-electron chi connectivity index (χ2n) is 10.2. The summed E-state index contributed by atoms with van der Waals surface area (Å²) in [7, 11) is 0. The molecule has 7 heteroatoms. The molecule has 4 aromatic carbocycles. The van der Waals surface area contributed by atoms with Gasteiger partial charge in [0.1, 0.15) is 12.4 Å². The molecule has 0 aromatic heterocycles. The van der Waals surface area contributed by atoms with Crippen molar-refractivity contribution in [3.63, 3.8) is 0 Å². The van der Waals surface area contributed by atoms with E-state index in [1.54, 1.807) is 41.3 Å². The van der Waals surface area contributed by atoms with Gasteiger partial charge < -0.3 is 15.1 Å². The summed E-state index contributed by atoms with van der Waals surface area (Å²) in [5.74, 6) is -0.793. The van der Waals surface area contributed by atoms with E-state index in [9.17, 15) is 14.0 Å². The van der Waals surface area contributed by atoms with Gasteiger partial charge in [0, 0.05) is 26.5 Å². The van der Waals surface area contributed by atoms with Crippen LogP contribution in [0.15, 0.2) is 107 Å². The van der Waals surface area contributed by atoms with Crippen LogP contribution in [0.1, 0.15) is 45.7 Å². The quantitative estimate of drug-likeness (QED) is 0.293. The van der Waals surface area contributed by atoms with Crippen LogP contribution < -0.4 is 15.1 Å². The topological polar surface area (TPSA) is 53.9 Å². The number of carbonyl (C=O) groups is 2. The highest BCUT2D eigenvalue weighted by Gasteiger charge is 2.29. The molecule has 0 bridgehead atoms. The molecule has 0 radical (unpaired) electrons. The van der Waals surface area contributed by atoms with E-state index in [1.165, 1.54) is 28.3 Å². The molecule has 0 fully saturated rings. The van der Waals surface area contributed by atoms with E-state index >= 15 is 0 Å². The fraction of sp³-hybridized carbons (Fsp3) is 0.212. The predicted molar refractivity (Wildman–Crippen MR) is 157 cm³/mol. The zero-order valence-electron chi connectivity index (χ0n) is 22.7. The summed E-state index contributed by atoms with van der Waals surface area (Å²) in [6, 6.07) is 30.1. The van der Waals surface area contributed by atoms with Gasteiger partial charge in [0.25, 0.3) is 11.8 Å². The fourth-order valence-electron chi connectivity index (χ4n) is 4.89. The minimum absolute atomic E-state index is 0.0602. The predicted octanol–water partition coefficient (Wildman–Crippen LogP) is 5.36. The van der Waals surface area contributed by atoms with E-state index in [-0.39, 0.29) is 24.2 Å². The third-order valence-corrected chi connectivity index (χ3v) is 8.34. The van der Waals surface area contributed by atoms with Crippen molar-refractivity contribution in [1.29, 1.82) is 0 Å². The van der Waals surface area contributed by atoms with Crippen LogP contribution in [0.5, 0.6) is 0 Å². The second-order valence-corrected chi connectivity index (χ2v) is 11.3. The van der Waals surface area contributed by atoms with Crippen LogP contribution >= 0.6 is 11.8 Å². The van der Waals surface area contributed by atoms with Gasteiger partial charge in [-0.05, 0) is 50.2 Å². The lowest BCUT2D eigenvalue weighted by Crippen LogP contribution is -3.14. The highest BCUT2D eigenvalue weighted by atomic mass is 32.2. The Morgan fingerprint density at radius 2 is 1.65 bits per heavy atom. The van der Waals surface area contributed by atoms with Gasteiger partial charge in [-0.15, -0.1) is 0 Å². The lowest BCUT2D eigenvalue weighted by atomic mass is 10.1. The number of rotatable bonds is 9. The zero-order valence-corrected chi connectivity index (χ0v) is 23.5. The van der Waals surface area contributed by atoms with Crippen LogP contribution in [-0.4, -0.2) is 30.9 Å². The van der Waals surface area contributed by atoms with Gasteiger partial charge in [-0.2, -0.15) is 0 Å². The number of quaternary nitrogens is 1. The first-order chi connectivity index (χ1) is 19.4. The summed E-state index contributed by atoms with van der Waals surface area (Å²) in [5, 5.41) is 3.06. The standard InChI is InChI=1S/C33H32FN3O2S/c1-23(2)36(21-24-10-4-3-5-11-24)19-18-35-32(38)25-16-17-31-29(20-25)37(22-26-12-6-8-14-28(26)34)33(39)27-13-7-9-15-30(27)40-31/h3-17,20,23H,18-19,21-22H2,1-2H3,(H,35,38)/p+1. The van der Waals surface area contributed by atoms with Crippen molar-refractivity contribution in [3.8, 4) is 0 Å². The van der Waals surface area contributed by atoms with Crippen LogP contribution in [0.3, 0.4) is 0 Å². The van der Waals surface area contributed by atoms with Gasteiger partial charge in [-0.3, -0.25) is 9.59 Å². The SMILES string of the molecule is CC(C)[NH+](CCNC(=O)c1ccc2c(c1)N(Cc1ccccc1F)C(=O)c1ccccc1S2)Cc1ccccc1. The van der Waals surface area contributed by atoms with Crippen molar-refractivity contribution in [2.75, 3.05) is 18.0 Å². The maximum Gasteiger partial charge on any atom is 0.259 e. The molecule has 204 valence electrons. The number of amides is 2. The maximum absolute atomic E-state index is 14.6. The van der Waals surface area contributed by atoms with E-state index in [0.29, 0.717) is 35.0 Å². The van der Waals surface area contributed by atoms with Crippen molar-refractivity contribution in [1.82, 2.24) is 5.32 Å². The molecular formula is C33H33FN3O2S+. The van der Waals surface area contributed by atoms with Gasteiger partial charge in [-0.1, -0.05) is 72.4 Å². The van der Waals surface area contributed by atoms with Crippen molar-refractivity contribution >= 4 is 29.3 Å². The Bertz CT molecular complexity index is 1510. The smallest absolute Gasteiger partial charge is 0.259 e. The molecule has 0 spiro atoms. The van der Waals surface area contributed by atoms with Gasteiger partial charge >= 0.3 is 0 Å². The molecule has 1 aliphatic heterocycles. The van der Waals surface area contributed by atoms with E-state index in [1.807, 2.05) is 42.5 Å². The van der Waals surface area contributed by atoms with Gasteiger partial charge in [0.05, 0.1) is 36.9 Å². The van der Waals surface area contributed by atoms with Gasteiger partial charge in [-0.25, -0.2) is 4.39 Å². The summed E-state index contributed by atoms with van der Waals surface area (Å²) in [6.45, 7) is 6.62. The molecule has 5 rings (SSSR count). The first-order valence-corrected chi connectivity index (χ1v) is 14.3. The molecule has 1 atom stereocenters. The average Bonchev–Trinajstić information content (AvgIpc) is 3.08. The number of hydrogen-bond donors (Lipinski definition) is 2. The molecule has 1 aliphatic rings. The van der Waals surface area contributed by atoms with Crippen molar-refractivity contribution in [2.24, 2.45) is 0 Å². The van der Waals surface area contributed by atoms with Gasteiger partial charge in [0.2, 0.25) is 0 Å². The van der Waals surface area contributed by atoms with Crippen LogP contribution in [0.4, 0.5) is 10.1 Å². The Balaban J connectivity index is 1.36. The number of halogens is 1. The van der Waals surface area contributed by atoms with Crippen LogP contribution in [0.25, 0.3) is 0 Å². The van der Waals surface area contributed by atoms with E-state index in [4.69, 9.17) is 0 Å². The molecule has 0 aliphatic carbocycles. The minimum Gasteiger partial charge on any atom is -0.346 e. The van der Waals surface area contributed by atoms with Crippen molar-refractivity contribution < 1.29 is 18.9 Å². The third-order valence-electron chi connectivity index (χ3n) is 7.20. The Morgan fingerprint density at radius 3 is 2.42 bits per heavy atom. The van der Waals surface area contributed by atoms with Crippen molar-refractivity contribution in [3.05, 3.63) is 125 Å². The molecule has 0 saturated carbocycles. The first kappa shape index (κ1) is 27.6. The number of nitrogens with zero attached hydrogens (tertiary/aromatic N) is 1. The molecule has 5 nitrogen and oxygen atoms in total. The number of nitrogens with one attached hydrogen (secondary N) is 2. The molecule has 2 amide bonds. The molecule has 1 heterocycles. The molecule has 40 heavy (non-hydrogen) atoms. The number of hydrogen-bond acceptors (Lipinski definition) is 3. The molecule has 4 aromatic rings. The number of carbonyl (C=O) groups excluding carboxylic acids is 2. The minimum atomic E-state index is -0.372. The summed E-state index contributed by atoms with van der Waals surface area (Å²) in [5.41, 5.74) is 3.30. The summed E-state index contributed by atoms with van der Waals surface area (Å²) >= 11 is 1.48. The normalized spacial score (nSPS) is 13.4. The first-order valence-electron chi connectivity index (χ1n) is 13.5. The van der Waals surface area contributed by atoms with Gasteiger partial charge in [0.15, 0.2) is 0 Å². The number of benzene rings is 4. The Hall–Kier alpha value is -3.94. The molecule has 2 N–H and O–H groups in total. The lowest BCUT2D eigenvalue weighted by molar-refractivity contribution is -0.933. The largest absolute Gasteiger partial charge is 0.346 e. The zero-order chi connectivity index (χ0) is 28.1. The van der Waals surface area contributed by atoms with E-state index in [0.717, 1.165) is 22.9 Å². The Kier molecular flexibility index (Phi) is 8.63. The molecule has 0 saturated heterocycles. The molecule has 1 unspecified atom stereocenters. The number of anilines is 1.